The highest BCUT2D eigenvalue weighted by Crippen LogP contribution is 2.41. The van der Waals surface area contributed by atoms with Crippen LogP contribution in [0.5, 0.6) is 0 Å². The molecule has 1 saturated heterocycles. The monoisotopic (exact) mass is 561 g/mol. The molecular weight excluding hydrogens is 529 g/mol. The maximum absolute atomic E-state index is 15.4. The minimum atomic E-state index is -0.537. The lowest BCUT2D eigenvalue weighted by molar-refractivity contribution is 0.0240. The minimum absolute atomic E-state index is 0.0293. The molecular formula is C30H32FN5O3S. The number of amides is 2. The summed E-state index contributed by atoms with van der Waals surface area (Å²) in [7, 11) is 0. The molecule has 0 unspecified atom stereocenters. The number of aromatic nitrogens is 1. The molecule has 2 amide bonds. The summed E-state index contributed by atoms with van der Waals surface area (Å²) in [6.07, 6.45) is -0.319. The summed E-state index contributed by atoms with van der Waals surface area (Å²) in [5.74, 6) is -0.420. The topological polar surface area (TPSA) is 86.8 Å². The summed E-state index contributed by atoms with van der Waals surface area (Å²) in [4.78, 5) is 34.3. The van der Waals surface area contributed by atoms with Crippen LogP contribution in [0.1, 0.15) is 37.4 Å². The summed E-state index contributed by atoms with van der Waals surface area (Å²) in [5, 5.41) is 8.35. The minimum Gasteiger partial charge on any atom is -0.444 e. The molecule has 1 atom stereocenters. The van der Waals surface area contributed by atoms with E-state index in [0.717, 1.165) is 32.4 Å². The number of rotatable bonds is 2. The van der Waals surface area contributed by atoms with Crippen LogP contribution >= 0.6 is 11.3 Å². The van der Waals surface area contributed by atoms with E-state index in [-0.39, 0.29) is 23.9 Å². The number of pyridine rings is 1. The highest BCUT2D eigenvalue weighted by Gasteiger charge is 2.27. The molecule has 40 heavy (non-hydrogen) atoms. The van der Waals surface area contributed by atoms with E-state index in [2.05, 4.69) is 15.5 Å². The van der Waals surface area contributed by atoms with E-state index in [1.54, 1.807) is 11.0 Å². The molecule has 1 fully saturated rings. The number of halogens is 1. The van der Waals surface area contributed by atoms with Gasteiger partial charge in [-0.2, -0.15) is 0 Å². The van der Waals surface area contributed by atoms with Crippen LogP contribution in [-0.4, -0.2) is 66.3 Å². The van der Waals surface area contributed by atoms with E-state index in [1.807, 2.05) is 58.0 Å². The molecule has 2 aromatic carbocycles. The van der Waals surface area contributed by atoms with Gasteiger partial charge in [-0.3, -0.25) is 4.79 Å². The van der Waals surface area contributed by atoms with Gasteiger partial charge in [-0.1, -0.05) is 0 Å². The number of hydrogen-bond acceptors (Lipinski definition) is 7. The first kappa shape index (κ1) is 26.3. The first-order valence-corrected chi connectivity index (χ1v) is 14.3. The molecule has 4 heterocycles. The molecule has 8 nitrogen and oxygen atoms in total. The van der Waals surface area contributed by atoms with Crippen molar-refractivity contribution in [2.45, 2.75) is 39.3 Å². The third-order valence-corrected chi connectivity index (χ3v) is 8.37. The SMILES string of the molecule is C[C@@H]1CNc2c(sc3ccc4nc(-c5ccc(N6CCN(C(=O)OC(C)(C)C)CC6)cc5F)ccc4c23)C(=O)N1. The molecule has 0 saturated carbocycles. The number of carbonyl (C=O) groups is 2. The van der Waals surface area contributed by atoms with E-state index in [0.29, 0.717) is 48.9 Å². The summed E-state index contributed by atoms with van der Waals surface area (Å²) >= 11 is 1.46. The van der Waals surface area contributed by atoms with Gasteiger partial charge in [-0.05, 0) is 70.2 Å². The van der Waals surface area contributed by atoms with Gasteiger partial charge >= 0.3 is 6.09 Å². The molecule has 0 aliphatic carbocycles. The number of fused-ring (bicyclic) bond motifs is 5. The Hall–Kier alpha value is -3.92. The fraction of sp³-hybridized carbons (Fsp3) is 0.367. The molecule has 10 heteroatoms. The molecule has 0 spiro atoms. The predicted octanol–water partition coefficient (Wildman–Crippen LogP) is 5.86. The van der Waals surface area contributed by atoms with Gasteiger partial charge in [0.15, 0.2) is 0 Å². The maximum Gasteiger partial charge on any atom is 0.410 e. The second kappa shape index (κ2) is 9.92. The van der Waals surface area contributed by atoms with Crippen molar-refractivity contribution in [2.24, 2.45) is 0 Å². The Balaban J connectivity index is 1.24. The van der Waals surface area contributed by atoms with E-state index < -0.39 is 5.60 Å². The number of nitrogens with zero attached hydrogens (tertiary/aromatic N) is 3. The third kappa shape index (κ3) is 4.92. The fourth-order valence-corrected chi connectivity index (χ4v) is 6.36. The molecule has 6 rings (SSSR count). The van der Waals surface area contributed by atoms with Gasteiger partial charge in [-0.25, -0.2) is 14.2 Å². The number of carbonyl (C=O) groups excluding carboxylic acids is 2. The molecule has 2 aliphatic rings. The second-order valence-electron chi connectivity index (χ2n) is 11.4. The summed E-state index contributed by atoms with van der Waals surface area (Å²) in [6, 6.07) is 12.9. The smallest absolute Gasteiger partial charge is 0.410 e. The predicted molar refractivity (Wildman–Crippen MR) is 158 cm³/mol. The van der Waals surface area contributed by atoms with Crippen LogP contribution in [0.3, 0.4) is 0 Å². The van der Waals surface area contributed by atoms with Crippen LogP contribution in [-0.2, 0) is 4.74 Å². The highest BCUT2D eigenvalue weighted by atomic mass is 32.1. The Morgan fingerprint density at radius 1 is 1.10 bits per heavy atom. The normalized spacial score (nSPS) is 17.8. The van der Waals surface area contributed by atoms with Gasteiger partial charge < -0.3 is 25.2 Å². The fourth-order valence-electron chi connectivity index (χ4n) is 5.26. The molecule has 2 N–H and O–H groups in total. The van der Waals surface area contributed by atoms with Gasteiger partial charge in [0, 0.05) is 65.5 Å². The van der Waals surface area contributed by atoms with Crippen molar-refractivity contribution < 1.29 is 18.7 Å². The quantitative estimate of drug-likeness (QED) is 0.319. The Labute approximate surface area is 236 Å². The zero-order valence-electron chi connectivity index (χ0n) is 23.0. The molecule has 4 aromatic rings. The van der Waals surface area contributed by atoms with Gasteiger partial charge in [-0.15, -0.1) is 11.3 Å². The lowest BCUT2D eigenvalue weighted by Gasteiger charge is -2.36. The Morgan fingerprint density at radius 2 is 1.88 bits per heavy atom. The van der Waals surface area contributed by atoms with E-state index in [1.165, 1.54) is 17.4 Å². The van der Waals surface area contributed by atoms with E-state index in [4.69, 9.17) is 9.72 Å². The Kier molecular flexibility index (Phi) is 6.53. The summed E-state index contributed by atoms with van der Waals surface area (Å²) < 4.78 is 21.9. The first-order valence-electron chi connectivity index (χ1n) is 13.5. The molecule has 2 aromatic heterocycles. The van der Waals surface area contributed by atoms with Crippen LogP contribution in [0, 0.1) is 5.82 Å². The lowest BCUT2D eigenvalue weighted by atomic mass is 10.0. The van der Waals surface area contributed by atoms with Crippen LogP contribution in [0.2, 0.25) is 0 Å². The number of anilines is 2. The molecule has 0 radical (unpaired) electrons. The van der Waals surface area contributed by atoms with Crippen LogP contribution in [0.15, 0.2) is 42.5 Å². The standard InChI is InChI=1S/C30H32FN5O3S/c1-17-16-32-26-25-20-7-8-22(34-23(20)9-10-24(25)40-27(26)28(37)33-17)19-6-5-18(15-21(19)31)35-11-13-36(14-12-35)29(38)39-30(2,3)4/h5-10,15,17,32H,11-14,16H2,1-4H3,(H,33,37)/t17-/m1/s1. The number of hydrogen-bond donors (Lipinski definition) is 2. The third-order valence-electron chi connectivity index (χ3n) is 7.22. The van der Waals surface area contributed by atoms with Crippen molar-refractivity contribution >= 4 is 55.7 Å². The van der Waals surface area contributed by atoms with Gasteiger partial charge in [0.25, 0.3) is 5.91 Å². The zero-order chi connectivity index (χ0) is 28.2. The second-order valence-corrected chi connectivity index (χ2v) is 12.4. The first-order chi connectivity index (χ1) is 19.1. The van der Waals surface area contributed by atoms with E-state index in [9.17, 15) is 9.59 Å². The molecule has 208 valence electrons. The van der Waals surface area contributed by atoms with Crippen molar-refractivity contribution in [3.8, 4) is 11.3 Å². The zero-order valence-corrected chi connectivity index (χ0v) is 23.8. The van der Waals surface area contributed by atoms with Crippen molar-refractivity contribution in [3.63, 3.8) is 0 Å². The Morgan fingerprint density at radius 3 is 2.60 bits per heavy atom. The average molecular weight is 562 g/mol. The number of benzene rings is 2. The number of piperazine rings is 1. The van der Waals surface area contributed by atoms with Crippen molar-refractivity contribution in [1.29, 1.82) is 0 Å². The van der Waals surface area contributed by atoms with Crippen LogP contribution in [0.4, 0.5) is 20.6 Å². The van der Waals surface area contributed by atoms with Crippen molar-refractivity contribution in [2.75, 3.05) is 42.9 Å². The number of thiophene rings is 1. The van der Waals surface area contributed by atoms with E-state index >= 15 is 4.39 Å². The number of ether oxygens (including phenoxy) is 1. The largest absolute Gasteiger partial charge is 0.444 e. The van der Waals surface area contributed by atoms with Crippen LogP contribution < -0.4 is 15.5 Å². The van der Waals surface area contributed by atoms with Gasteiger partial charge in [0.2, 0.25) is 0 Å². The average Bonchev–Trinajstić information content (AvgIpc) is 3.23. The maximum atomic E-state index is 15.4. The molecule has 2 aliphatic heterocycles. The summed E-state index contributed by atoms with van der Waals surface area (Å²) in [5.41, 5.74) is 2.79. The van der Waals surface area contributed by atoms with Crippen molar-refractivity contribution in [3.05, 3.63) is 53.2 Å². The van der Waals surface area contributed by atoms with Gasteiger partial charge in [0.05, 0.1) is 16.9 Å². The van der Waals surface area contributed by atoms with Gasteiger partial charge in [0.1, 0.15) is 16.3 Å². The molecule has 0 bridgehead atoms. The number of nitrogens with one attached hydrogen (secondary N) is 2. The summed E-state index contributed by atoms with van der Waals surface area (Å²) in [6.45, 7) is 10.4. The highest BCUT2D eigenvalue weighted by molar-refractivity contribution is 7.21. The van der Waals surface area contributed by atoms with Crippen LogP contribution in [0.25, 0.3) is 32.2 Å². The van der Waals surface area contributed by atoms with Crippen molar-refractivity contribution in [1.82, 2.24) is 15.2 Å². The Bertz CT molecular complexity index is 1640. The lowest BCUT2D eigenvalue weighted by Crippen LogP contribution is -2.50.